The first kappa shape index (κ1) is 16.9. The molecule has 0 fully saturated rings. The van der Waals surface area contributed by atoms with Crippen LogP contribution in [0.15, 0.2) is 0 Å². The highest BCUT2D eigenvalue weighted by atomic mass is 16.6. The molecule has 0 aliphatic heterocycles. The van der Waals surface area contributed by atoms with Crippen molar-refractivity contribution in [2.24, 2.45) is 11.8 Å². The molecule has 18 heavy (non-hydrogen) atoms. The fraction of sp³-hybridized carbons (Fsp3) is 0.857. The summed E-state index contributed by atoms with van der Waals surface area (Å²) in [6, 6.07) is 0. The molecular weight excluding hydrogens is 232 g/mol. The molecular formula is C14H26O4. The maximum atomic E-state index is 11.6. The Balaban J connectivity index is 4.05. The van der Waals surface area contributed by atoms with Crippen molar-refractivity contribution < 1.29 is 19.1 Å². The number of carbonyl (C=O) groups excluding carboxylic acids is 2. The molecule has 4 heteroatoms. The van der Waals surface area contributed by atoms with Gasteiger partial charge in [-0.25, -0.2) is 0 Å². The first-order valence-corrected chi connectivity index (χ1v) is 6.73. The van der Waals surface area contributed by atoms with Gasteiger partial charge in [-0.3, -0.25) is 9.59 Å². The molecule has 0 bridgehead atoms. The summed E-state index contributed by atoms with van der Waals surface area (Å²) >= 11 is 0. The molecule has 0 aliphatic carbocycles. The lowest BCUT2D eigenvalue weighted by molar-refractivity contribution is -0.161. The summed E-state index contributed by atoms with van der Waals surface area (Å²) in [5.74, 6) is -0.515. The van der Waals surface area contributed by atoms with Gasteiger partial charge in [0.05, 0.1) is 6.61 Å². The van der Waals surface area contributed by atoms with Crippen LogP contribution in [-0.2, 0) is 19.1 Å². The number of hydrogen-bond acceptors (Lipinski definition) is 4. The van der Waals surface area contributed by atoms with Gasteiger partial charge in [-0.2, -0.15) is 0 Å². The van der Waals surface area contributed by atoms with Gasteiger partial charge in [0.25, 0.3) is 0 Å². The van der Waals surface area contributed by atoms with Crippen LogP contribution >= 0.6 is 0 Å². The van der Waals surface area contributed by atoms with Crippen LogP contribution in [-0.4, -0.2) is 24.6 Å². The molecule has 4 nitrogen and oxygen atoms in total. The highest BCUT2D eigenvalue weighted by Gasteiger charge is 2.23. The van der Waals surface area contributed by atoms with Crippen molar-refractivity contribution in [1.29, 1.82) is 0 Å². The summed E-state index contributed by atoms with van der Waals surface area (Å²) in [5.41, 5.74) is 0. The SMILES string of the molecule is CCCCOC(=O)CC(=O)OC(C(C)C)C(C)C. The van der Waals surface area contributed by atoms with Crippen molar-refractivity contribution in [2.75, 3.05) is 6.61 Å². The summed E-state index contributed by atoms with van der Waals surface area (Å²) in [7, 11) is 0. The van der Waals surface area contributed by atoms with Crippen molar-refractivity contribution >= 4 is 11.9 Å². The van der Waals surface area contributed by atoms with Crippen LogP contribution in [0.4, 0.5) is 0 Å². The Kier molecular flexibility index (Phi) is 8.42. The Hall–Kier alpha value is -1.06. The highest BCUT2D eigenvalue weighted by molar-refractivity contribution is 5.91. The molecule has 0 N–H and O–H groups in total. The second kappa shape index (κ2) is 8.95. The molecule has 0 radical (unpaired) electrons. The molecule has 106 valence electrons. The number of ether oxygens (including phenoxy) is 2. The quantitative estimate of drug-likeness (QED) is 0.381. The molecule has 0 amide bonds. The first-order valence-electron chi connectivity index (χ1n) is 6.73. The van der Waals surface area contributed by atoms with Gasteiger partial charge in [-0.05, 0) is 18.3 Å². The lowest BCUT2D eigenvalue weighted by Gasteiger charge is -2.24. The fourth-order valence-electron chi connectivity index (χ4n) is 1.73. The maximum absolute atomic E-state index is 11.6. The summed E-state index contributed by atoms with van der Waals surface area (Å²) in [6.07, 6.45) is 1.34. The van der Waals surface area contributed by atoms with Crippen molar-refractivity contribution in [3.63, 3.8) is 0 Å². The zero-order chi connectivity index (χ0) is 14.1. The first-order chi connectivity index (χ1) is 8.38. The van der Waals surface area contributed by atoms with Crippen molar-refractivity contribution in [1.82, 2.24) is 0 Å². The fourth-order valence-corrected chi connectivity index (χ4v) is 1.73. The van der Waals surface area contributed by atoms with E-state index in [-0.39, 0.29) is 24.4 Å². The smallest absolute Gasteiger partial charge is 0.317 e. The Morgan fingerprint density at radius 2 is 1.56 bits per heavy atom. The normalized spacial score (nSPS) is 11.1. The number of unbranched alkanes of at least 4 members (excludes halogenated alkanes) is 1. The molecule has 0 saturated carbocycles. The topological polar surface area (TPSA) is 52.6 Å². The van der Waals surface area contributed by atoms with E-state index in [9.17, 15) is 9.59 Å². The molecule has 0 rings (SSSR count). The average molecular weight is 258 g/mol. The average Bonchev–Trinajstić information content (AvgIpc) is 2.25. The highest BCUT2D eigenvalue weighted by Crippen LogP contribution is 2.16. The third-order valence-corrected chi connectivity index (χ3v) is 2.63. The van der Waals surface area contributed by atoms with E-state index in [1.54, 1.807) is 0 Å². The minimum atomic E-state index is -0.500. The molecule has 0 saturated heterocycles. The van der Waals surface area contributed by atoms with E-state index >= 15 is 0 Å². The van der Waals surface area contributed by atoms with Crippen LogP contribution in [0.3, 0.4) is 0 Å². The molecule has 0 atom stereocenters. The van der Waals surface area contributed by atoms with Gasteiger partial charge in [0.2, 0.25) is 0 Å². The largest absolute Gasteiger partial charge is 0.465 e. The summed E-state index contributed by atoms with van der Waals surface area (Å²) in [6.45, 7) is 10.4. The van der Waals surface area contributed by atoms with E-state index in [4.69, 9.17) is 9.47 Å². The van der Waals surface area contributed by atoms with E-state index in [0.29, 0.717) is 6.61 Å². The molecule has 0 aromatic rings. The van der Waals surface area contributed by atoms with E-state index in [2.05, 4.69) is 0 Å². The monoisotopic (exact) mass is 258 g/mol. The zero-order valence-corrected chi connectivity index (χ0v) is 12.2. The number of esters is 2. The lowest BCUT2D eigenvalue weighted by atomic mass is 9.96. The van der Waals surface area contributed by atoms with Crippen molar-refractivity contribution in [3.8, 4) is 0 Å². The van der Waals surface area contributed by atoms with Gasteiger partial charge in [-0.15, -0.1) is 0 Å². The van der Waals surface area contributed by atoms with Gasteiger partial charge in [0.1, 0.15) is 12.5 Å². The van der Waals surface area contributed by atoms with Crippen LogP contribution < -0.4 is 0 Å². The number of carbonyl (C=O) groups is 2. The van der Waals surface area contributed by atoms with Crippen molar-refractivity contribution in [2.45, 2.75) is 60.0 Å². The Bertz CT molecular complexity index is 251. The number of rotatable bonds is 8. The van der Waals surface area contributed by atoms with Crippen LogP contribution in [0.5, 0.6) is 0 Å². The second-order valence-corrected chi connectivity index (χ2v) is 5.19. The van der Waals surface area contributed by atoms with E-state index in [1.807, 2.05) is 34.6 Å². The molecule has 0 heterocycles. The third kappa shape index (κ3) is 7.30. The molecule has 0 aromatic heterocycles. The lowest BCUT2D eigenvalue weighted by Crippen LogP contribution is -2.29. The second-order valence-electron chi connectivity index (χ2n) is 5.19. The minimum absolute atomic E-state index is 0.152. The molecule has 0 aromatic carbocycles. The van der Waals surface area contributed by atoms with E-state index < -0.39 is 11.9 Å². The molecule has 0 spiro atoms. The Labute approximate surface area is 110 Å². The van der Waals surface area contributed by atoms with Gasteiger partial charge in [0, 0.05) is 0 Å². The minimum Gasteiger partial charge on any atom is -0.465 e. The Morgan fingerprint density at radius 1 is 1.00 bits per heavy atom. The molecule has 0 aliphatic rings. The van der Waals surface area contributed by atoms with E-state index in [0.717, 1.165) is 12.8 Å². The van der Waals surface area contributed by atoms with Gasteiger partial charge < -0.3 is 9.47 Å². The van der Waals surface area contributed by atoms with Crippen LogP contribution in [0, 0.1) is 11.8 Å². The summed E-state index contributed by atoms with van der Waals surface area (Å²) in [4.78, 5) is 22.9. The van der Waals surface area contributed by atoms with Crippen molar-refractivity contribution in [3.05, 3.63) is 0 Å². The van der Waals surface area contributed by atoms with Gasteiger partial charge in [0.15, 0.2) is 0 Å². The van der Waals surface area contributed by atoms with Gasteiger partial charge >= 0.3 is 11.9 Å². The van der Waals surface area contributed by atoms with Crippen LogP contribution in [0.25, 0.3) is 0 Å². The molecule has 0 unspecified atom stereocenters. The van der Waals surface area contributed by atoms with Gasteiger partial charge in [-0.1, -0.05) is 41.0 Å². The Morgan fingerprint density at radius 3 is 2.00 bits per heavy atom. The van der Waals surface area contributed by atoms with Crippen LogP contribution in [0.1, 0.15) is 53.9 Å². The van der Waals surface area contributed by atoms with Crippen LogP contribution in [0.2, 0.25) is 0 Å². The predicted molar refractivity (Wildman–Crippen MR) is 70.0 cm³/mol. The third-order valence-electron chi connectivity index (χ3n) is 2.63. The maximum Gasteiger partial charge on any atom is 0.317 e. The summed E-state index contributed by atoms with van der Waals surface area (Å²) in [5, 5.41) is 0. The standard InChI is InChI=1S/C14H26O4/c1-6-7-8-17-12(15)9-13(16)18-14(10(2)3)11(4)5/h10-11,14H,6-9H2,1-5H3. The number of hydrogen-bond donors (Lipinski definition) is 0. The summed E-state index contributed by atoms with van der Waals surface area (Å²) < 4.78 is 10.2. The zero-order valence-electron chi connectivity index (χ0n) is 12.2. The van der Waals surface area contributed by atoms with E-state index in [1.165, 1.54) is 0 Å². The predicted octanol–water partition coefficient (Wildman–Crippen LogP) is 2.94.